The molecule has 3 rings (SSSR count). The van der Waals surface area contributed by atoms with Crippen LogP contribution in [-0.4, -0.2) is 47.2 Å². The highest BCUT2D eigenvalue weighted by molar-refractivity contribution is 5.74. The lowest BCUT2D eigenvalue weighted by atomic mass is 9.99. The van der Waals surface area contributed by atoms with E-state index >= 15 is 0 Å². The molecular weight excluding hydrogens is 304 g/mol. The summed E-state index contributed by atoms with van der Waals surface area (Å²) < 4.78 is 5.52. The number of urea groups is 1. The fourth-order valence-electron chi connectivity index (χ4n) is 3.64. The highest BCUT2D eigenvalue weighted by atomic mass is 16.5. The summed E-state index contributed by atoms with van der Waals surface area (Å²) in [5, 5.41) is 6.08. The Balaban J connectivity index is 1.44. The smallest absolute Gasteiger partial charge is 0.315 e. The van der Waals surface area contributed by atoms with Gasteiger partial charge in [0.15, 0.2) is 0 Å². The molecule has 1 aromatic heterocycles. The first-order valence-corrected chi connectivity index (χ1v) is 9.02. The molecule has 2 atom stereocenters. The molecule has 2 unspecified atom stereocenters. The van der Waals surface area contributed by atoms with Gasteiger partial charge < -0.3 is 15.4 Å². The molecule has 2 N–H and O–H groups in total. The van der Waals surface area contributed by atoms with Crippen molar-refractivity contribution in [2.24, 2.45) is 0 Å². The van der Waals surface area contributed by atoms with Crippen molar-refractivity contribution < 1.29 is 9.53 Å². The summed E-state index contributed by atoms with van der Waals surface area (Å²) in [7, 11) is 0. The van der Waals surface area contributed by atoms with E-state index in [-0.39, 0.29) is 18.2 Å². The van der Waals surface area contributed by atoms with Gasteiger partial charge in [-0.1, -0.05) is 12.5 Å². The Morgan fingerprint density at radius 3 is 2.96 bits per heavy atom. The molecule has 2 aliphatic heterocycles. The number of hydrogen-bond acceptors (Lipinski definition) is 4. The highest BCUT2D eigenvalue weighted by Gasteiger charge is 2.36. The third kappa shape index (κ3) is 4.38. The van der Waals surface area contributed by atoms with Crippen LogP contribution in [0.15, 0.2) is 18.3 Å². The molecule has 2 aliphatic rings. The van der Waals surface area contributed by atoms with Crippen LogP contribution >= 0.6 is 0 Å². The lowest BCUT2D eigenvalue weighted by Gasteiger charge is -2.32. The second kappa shape index (κ2) is 7.83. The average Bonchev–Trinajstić information content (AvgIpc) is 2.97. The van der Waals surface area contributed by atoms with Crippen LogP contribution in [0.2, 0.25) is 0 Å². The fraction of sp³-hybridized carbons (Fsp3) is 0.667. The van der Waals surface area contributed by atoms with Gasteiger partial charge in [0.1, 0.15) is 0 Å². The molecule has 0 radical (unpaired) electrons. The lowest BCUT2D eigenvalue weighted by molar-refractivity contribution is 0.179. The molecule has 2 fully saturated rings. The van der Waals surface area contributed by atoms with Crippen molar-refractivity contribution in [3.05, 3.63) is 23.9 Å². The second-order valence-corrected chi connectivity index (χ2v) is 6.99. The summed E-state index contributed by atoms with van der Waals surface area (Å²) in [6, 6.07) is 4.49. The van der Waals surface area contributed by atoms with Crippen molar-refractivity contribution in [2.75, 3.05) is 13.1 Å². The zero-order chi connectivity index (χ0) is 16.9. The van der Waals surface area contributed by atoms with Crippen LogP contribution in [0.5, 0.6) is 5.88 Å². The molecule has 0 bridgehead atoms. The van der Waals surface area contributed by atoms with Crippen molar-refractivity contribution in [1.82, 2.24) is 20.5 Å². The van der Waals surface area contributed by atoms with E-state index < -0.39 is 0 Å². The van der Waals surface area contributed by atoms with Gasteiger partial charge in [-0.3, -0.25) is 4.90 Å². The molecule has 0 saturated carbocycles. The fourth-order valence-corrected chi connectivity index (χ4v) is 3.64. The monoisotopic (exact) mass is 332 g/mol. The third-order valence-corrected chi connectivity index (χ3v) is 4.78. The second-order valence-electron chi connectivity index (χ2n) is 6.99. The summed E-state index contributed by atoms with van der Waals surface area (Å²) in [5.74, 6) is 0.613. The van der Waals surface area contributed by atoms with E-state index in [1.165, 1.54) is 25.8 Å². The minimum Gasteiger partial charge on any atom is -0.475 e. The Labute approximate surface area is 144 Å². The summed E-state index contributed by atoms with van der Waals surface area (Å²) in [5.41, 5.74) is 0.965. The van der Waals surface area contributed by atoms with Gasteiger partial charge in [-0.15, -0.1) is 0 Å². The van der Waals surface area contributed by atoms with Gasteiger partial charge in [0.2, 0.25) is 5.88 Å². The quantitative estimate of drug-likeness (QED) is 0.868. The summed E-state index contributed by atoms with van der Waals surface area (Å²) in [6.07, 6.45) is 6.68. The number of fused-ring (bicyclic) bond motifs is 1. The third-order valence-electron chi connectivity index (χ3n) is 4.78. The Bertz CT molecular complexity index is 546. The van der Waals surface area contributed by atoms with E-state index in [4.69, 9.17) is 4.74 Å². The number of nitrogens with zero attached hydrogens (tertiary/aromatic N) is 2. The molecule has 3 heterocycles. The van der Waals surface area contributed by atoms with E-state index in [0.717, 1.165) is 18.5 Å². The van der Waals surface area contributed by atoms with E-state index in [1.54, 1.807) is 6.20 Å². The Morgan fingerprint density at radius 2 is 2.21 bits per heavy atom. The predicted octanol–water partition coefficient (Wildman–Crippen LogP) is 2.29. The Morgan fingerprint density at radius 1 is 1.33 bits per heavy atom. The Hall–Kier alpha value is -1.82. The molecular formula is C18H28N4O2. The van der Waals surface area contributed by atoms with Crippen molar-refractivity contribution in [1.29, 1.82) is 0 Å². The normalized spacial score (nSPS) is 23.8. The maximum absolute atomic E-state index is 12.2. The first-order chi connectivity index (χ1) is 11.6. The number of piperidine rings is 1. The largest absolute Gasteiger partial charge is 0.475 e. The van der Waals surface area contributed by atoms with E-state index in [9.17, 15) is 4.79 Å². The average molecular weight is 332 g/mol. The summed E-state index contributed by atoms with van der Waals surface area (Å²) in [4.78, 5) is 18.9. The number of aromatic nitrogens is 1. The van der Waals surface area contributed by atoms with Crippen molar-refractivity contribution in [3.8, 4) is 5.88 Å². The van der Waals surface area contributed by atoms with Crippen LogP contribution in [0.25, 0.3) is 0 Å². The van der Waals surface area contributed by atoms with Crippen molar-refractivity contribution >= 4 is 6.03 Å². The number of rotatable bonds is 5. The zero-order valence-corrected chi connectivity index (χ0v) is 14.6. The molecule has 1 aromatic rings. The predicted molar refractivity (Wildman–Crippen MR) is 93.0 cm³/mol. The van der Waals surface area contributed by atoms with Gasteiger partial charge in [-0.05, 0) is 45.2 Å². The summed E-state index contributed by atoms with van der Waals surface area (Å²) in [6.45, 7) is 6.70. The first-order valence-electron chi connectivity index (χ1n) is 9.02. The number of carbonyl (C=O) groups is 1. The van der Waals surface area contributed by atoms with Crippen LogP contribution in [-0.2, 0) is 6.54 Å². The van der Waals surface area contributed by atoms with Gasteiger partial charge in [-0.25, -0.2) is 9.78 Å². The molecule has 6 nitrogen and oxygen atoms in total. The van der Waals surface area contributed by atoms with Gasteiger partial charge in [0, 0.05) is 37.4 Å². The highest BCUT2D eigenvalue weighted by Crippen LogP contribution is 2.27. The standard InChI is InChI=1S/C18H28N4O2/c1-13(2)24-17-7-6-14(11-19-17)12-20-18(23)21-15-8-10-22-9-4-3-5-16(15)22/h6-7,11,13,15-16H,3-5,8-10,12H2,1-2H3,(H2,20,21,23). The zero-order valence-electron chi connectivity index (χ0n) is 14.6. The maximum Gasteiger partial charge on any atom is 0.315 e. The number of pyridine rings is 1. The van der Waals surface area contributed by atoms with Gasteiger partial charge in [0.25, 0.3) is 0 Å². The van der Waals surface area contributed by atoms with Gasteiger partial charge in [0.05, 0.1) is 6.10 Å². The molecule has 0 aromatic carbocycles. The minimum atomic E-state index is -0.0880. The van der Waals surface area contributed by atoms with Crippen LogP contribution in [0.3, 0.4) is 0 Å². The molecule has 0 spiro atoms. The number of nitrogens with one attached hydrogen (secondary N) is 2. The number of amides is 2. The van der Waals surface area contributed by atoms with Crippen LogP contribution < -0.4 is 15.4 Å². The van der Waals surface area contributed by atoms with Gasteiger partial charge >= 0.3 is 6.03 Å². The van der Waals surface area contributed by atoms with E-state index in [1.807, 2.05) is 26.0 Å². The van der Waals surface area contributed by atoms with Gasteiger partial charge in [-0.2, -0.15) is 0 Å². The van der Waals surface area contributed by atoms with Crippen molar-refractivity contribution in [3.63, 3.8) is 0 Å². The number of ether oxygens (including phenoxy) is 1. The maximum atomic E-state index is 12.2. The van der Waals surface area contributed by atoms with Crippen molar-refractivity contribution in [2.45, 2.75) is 64.3 Å². The van der Waals surface area contributed by atoms with E-state index in [0.29, 0.717) is 18.5 Å². The molecule has 132 valence electrons. The first kappa shape index (κ1) is 17.0. The molecule has 6 heteroatoms. The molecule has 0 aliphatic carbocycles. The SMILES string of the molecule is CC(C)Oc1ccc(CNC(=O)NC2CCN3CCCCC23)cn1. The Kier molecular flexibility index (Phi) is 5.56. The lowest BCUT2D eigenvalue weighted by Crippen LogP contribution is -2.49. The minimum absolute atomic E-state index is 0.0880. The summed E-state index contributed by atoms with van der Waals surface area (Å²) >= 11 is 0. The molecule has 2 amide bonds. The molecule has 24 heavy (non-hydrogen) atoms. The van der Waals surface area contributed by atoms with Crippen LogP contribution in [0, 0.1) is 0 Å². The topological polar surface area (TPSA) is 66.5 Å². The number of hydrogen-bond donors (Lipinski definition) is 2. The van der Waals surface area contributed by atoms with E-state index in [2.05, 4.69) is 20.5 Å². The number of carbonyl (C=O) groups excluding carboxylic acids is 1. The van der Waals surface area contributed by atoms with Crippen LogP contribution in [0.4, 0.5) is 4.79 Å². The van der Waals surface area contributed by atoms with Crippen LogP contribution in [0.1, 0.15) is 45.1 Å². The molecule has 2 saturated heterocycles.